The molecule has 0 aliphatic carbocycles. The fraction of sp³-hybridized carbons (Fsp3) is 0.400. The van der Waals surface area contributed by atoms with Crippen molar-refractivity contribution in [3.8, 4) is 0 Å². The van der Waals surface area contributed by atoms with Gasteiger partial charge in [-0.25, -0.2) is 0 Å². The predicted molar refractivity (Wildman–Crippen MR) is 75.8 cm³/mol. The third kappa shape index (κ3) is 2.96. The summed E-state index contributed by atoms with van der Waals surface area (Å²) in [5, 5.41) is 13.2. The average molecular weight is 260 g/mol. The Balaban J connectivity index is 2.20. The quantitative estimate of drug-likeness (QED) is 0.864. The molecular weight excluding hydrogens is 240 g/mol. The summed E-state index contributed by atoms with van der Waals surface area (Å²) in [7, 11) is 0. The smallest absolute Gasteiger partial charge is 0.240 e. The summed E-state index contributed by atoms with van der Waals surface area (Å²) in [5.41, 5.74) is 1.87. The average Bonchev–Trinajstić information content (AvgIpc) is 2.81. The lowest BCUT2D eigenvalue weighted by Crippen LogP contribution is -2.34. The number of benzene rings is 1. The van der Waals surface area contributed by atoms with Gasteiger partial charge in [0.25, 0.3) is 0 Å². The molecule has 0 aliphatic heterocycles. The Hall–Kier alpha value is -1.81. The summed E-state index contributed by atoms with van der Waals surface area (Å²) in [4.78, 5) is 11.9. The van der Waals surface area contributed by atoms with E-state index < -0.39 is 0 Å². The van der Waals surface area contributed by atoms with Crippen LogP contribution in [-0.4, -0.2) is 21.6 Å². The van der Waals surface area contributed by atoms with Gasteiger partial charge < -0.3 is 15.0 Å². The lowest BCUT2D eigenvalue weighted by atomic mass is 10.1. The molecule has 1 unspecified atom stereocenters. The molecule has 2 rings (SSSR count). The van der Waals surface area contributed by atoms with Crippen LogP contribution < -0.4 is 5.32 Å². The number of nitrogens with zero attached hydrogens (tertiary/aromatic N) is 1. The van der Waals surface area contributed by atoms with Gasteiger partial charge in [-0.05, 0) is 31.0 Å². The minimum absolute atomic E-state index is 0.0143. The Morgan fingerprint density at radius 2 is 2.21 bits per heavy atom. The first-order chi connectivity index (χ1) is 9.15. The van der Waals surface area contributed by atoms with E-state index in [-0.39, 0.29) is 18.6 Å². The summed E-state index contributed by atoms with van der Waals surface area (Å²) in [5.74, 6) is 0.0150. The third-order valence-electron chi connectivity index (χ3n) is 3.41. The fourth-order valence-electron chi connectivity index (χ4n) is 2.14. The molecule has 2 N–H and O–H groups in total. The maximum Gasteiger partial charge on any atom is 0.240 e. The lowest BCUT2D eigenvalue weighted by Gasteiger charge is -2.12. The van der Waals surface area contributed by atoms with Crippen molar-refractivity contribution in [2.75, 3.05) is 0 Å². The zero-order valence-electron chi connectivity index (χ0n) is 11.4. The van der Waals surface area contributed by atoms with Gasteiger partial charge in [0.2, 0.25) is 5.91 Å². The number of fused-ring (bicyclic) bond motifs is 1. The highest BCUT2D eigenvalue weighted by molar-refractivity contribution is 5.85. The summed E-state index contributed by atoms with van der Waals surface area (Å²) in [6, 6.07) is 7.90. The highest BCUT2D eigenvalue weighted by Gasteiger charge is 2.09. The molecule has 102 valence electrons. The zero-order valence-corrected chi connectivity index (χ0v) is 11.4. The van der Waals surface area contributed by atoms with Gasteiger partial charge in [0, 0.05) is 23.1 Å². The standard InChI is InChI=1S/C15H20N2O2/c1-3-11(2)16-15(19)9-17-8-7-13-12(10-18)5-4-6-14(13)17/h4-8,11,18H,3,9-10H2,1-2H3,(H,16,19). The lowest BCUT2D eigenvalue weighted by molar-refractivity contribution is -0.122. The first-order valence-corrected chi connectivity index (χ1v) is 6.62. The molecular formula is C15H20N2O2. The molecule has 0 radical (unpaired) electrons. The first kappa shape index (κ1) is 13.6. The molecule has 1 heterocycles. The van der Waals surface area contributed by atoms with Crippen molar-refractivity contribution in [3.05, 3.63) is 36.0 Å². The molecule has 1 atom stereocenters. The molecule has 1 aromatic heterocycles. The van der Waals surface area contributed by atoms with Gasteiger partial charge in [-0.1, -0.05) is 19.1 Å². The van der Waals surface area contributed by atoms with Crippen molar-refractivity contribution in [1.29, 1.82) is 0 Å². The largest absolute Gasteiger partial charge is 0.392 e. The van der Waals surface area contributed by atoms with E-state index in [0.29, 0.717) is 6.54 Å². The van der Waals surface area contributed by atoms with Crippen LogP contribution in [0.3, 0.4) is 0 Å². The van der Waals surface area contributed by atoms with E-state index in [4.69, 9.17) is 0 Å². The minimum atomic E-state index is 0.0143. The summed E-state index contributed by atoms with van der Waals surface area (Å²) in [6.45, 7) is 4.36. The molecule has 19 heavy (non-hydrogen) atoms. The SMILES string of the molecule is CCC(C)NC(=O)Cn1ccc2c(CO)cccc21. The van der Waals surface area contributed by atoms with E-state index in [2.05, 4.69) is 5.32 Å². The molecule has 0 saturated heterocycles. The monoisotopic (exact) mass is 260 g/mol. The normalized spacial score (nSPS) is 12.6. The minimum Gasteiger partial charge on any atom is -0.392 e. The Morgan fingerprint density at radius 1 is 1.42 bits per heavy atom. The number of nitrogens with one attached hydrogen (secondary N) is 1. The van der Waals surface area contributed by atoms with Gasteiger partial charge in [-0.3, -0.25) is 4.79 Å². The van der Waals surface area contributed by atoms with Crippen LogP contribution in [0.5, 0.6) is 0 Å². The van der Waals surface area contributed by atoms with Gasteiger partial charge in [0.15, 0.2) is 0 Å². The topological polar surface area (TPSA) is 54.3 Å². The van der Waals surface area contributed by atoms with Gasteiger partial charge >= 0.3 is 0 Å². The van der Waals surface area contributed by atoms with E-state index >= 15 is 0 Å². The van der Waals surface area contributed by atoms with Crippen LogP contribution in [0, 0.1) is 0 Å². The molecule has 1 amide bonds. The van der Waals surface area contributed by atoms with Crippen molar-refractivity contribution in [1.82, 2.24) is 9.88 Å². The number of rotatable bonds is 5. The third-order valence-corrected chi connectivity index (χ3v) is 3.41. The molecule has 4 heteroatoms. The summed E-state index contributed by atoms with van der Waals surface area (Å²) in [6.07, 6.45) is 2.81. The van der Waals surface area contributed by atoms with Gasteiger partial charge in [0.05, 0.1) is 6.61 Å². The Bertz CT molecular complexity index is 575. The van der Waals surface area contributed by atoms with Gasteiger partial charge in [-0.2, -0.15) is 0 Å². The molecule has 2 aromatic rings. The van der Waals surface area contributed by atoms with Crippen LogP contribution in [0.15, 0.2) is 30.5 Å². The zero-order chi connectivity index (χ0) is 13.8. The molecule has 1 aromatic carbocycles. The van der Waals surface area contributed by atoms with Crippen LogP contribution in [0.1, 0.15) is 25.8 Å². The second-order valence-corrected chi connectivity index (χ2v) is 4.83. The number of amides is 1. The van der Waals surface area contributed by atoms with E-state index in [1.165, 1.54) is 0 Å². The van der Waals surface area contributed by atoms with E-state index in [9.17, 15) is 9.90 Å². The maximum absolute atomic E-state index is 11.9. The number of carbonyl (C=O) groups is 1. The van der Waals surface area contributed by atoms with Crippen LogP contribution in [0.4, 0.5) is 0 Å². The fourth-order valence-corrected chi connectivity index (χ4v) is 2.14. The highest BCUT2D eigenvalue weighted by atomic mass is 16.3. The van der Waals surface area contributed by atoms with Crippen molar-refractivity contribution in [2.45, 2.75) is 39.5 Å². The van der Waals surface area contributed by atoms with E-state index in [1.54, 1.807) is 0 Å². The Kier molecular flexibility index (Phi) is 4.22. The van der Waals surface area contributed by atoms with Crippen LogP contribution in [0.2, 0.25) is 0 Å². The second kappa shape index (κ2) is 5.89. The maximum atomic E-state index is 11.9. The Labute approximate surface area is 113 Å². The number of hydrogen-bond acceptors (Lipinski definition) is 2. The second-order valence-electron chi connectivity index (χ2n) is 4.83. The van der Waals surface area contributed by atoms with E-state index in [0.717, 1.165) is 22.9 Å². The van der Waals surface area contributed by atoms with Crippen molar-refractivity contribution in [2.24, 2.45) is 0 Å². The van der Waals surface area contributed by atoms with Crippen LogP contribution in [0.25, 0.3) is 10.9 Å². The van der Waals surface area contributed by atoms with E-state index in [1.807, 2.05) is 48.9 Å². The molecule has 0 aliphatic rings. The van der Waals surface area contributed by atoms with Crippen molar-refractivity contribution < 1.29 is 9.90 Å². The molecule has 0 spiro atoms. The number of carbonyl (C=O) groups excluding carboxylic acids is 1. The first-order valence-electron chi connectivity index (χ1n) is 6.62. The van der Waals surface area contributed by atoms with Crippen LogP contribution in [-0.2, 0) is 17.9 Å². The van der Waals surface area contributed by atoms with Gasteiger partial charge in [-0.15, -0.1) is 0 Å². The molecule has 4 nitrogen and oxygen atoms in total. The number of aliphatic hydroxyl groups is 1. The molecule has 0 fully saturated rings. The van der Waals surface area contributed by atoms with Gasteiger partial charge in [0.1, 0.15) is 6.54 Å². The van der Waals surface area contributed by atoms with Crippen LogP contribution >= 0.6 is 0 Å². The number of aliphatic hydroxyl groups excluding tert-OH is 1. The van der Waals surface area contributed by atoms with Crippen molar-refractivity contribution in [3.63, 3.8) is 0 Å². The Morgan fingerprint density at radius 3 is 2.89 bits per heavy atom. The molecule has 0 bridgehead atoms. The highest BCUT2D eigenvalue weighted by Crippen LogP contribution is 2.20. The molecule has 0 saturated carbocycles. The number of aromatic nitrogens is 1. The number of hydrogen-bond donors (Lipinski definition) is 2. The summed E-state index contributed by atoms with van der Waals surface area (Å²) >= 11 is 0. The van der Waals surface area contributed by atoms with Crippen molar-refractivity contribution >= 4 is 16.8 Å². The summed E-state index contributed by atoms with van der Waals surface area (Å²) < 4.78 is 1.91. The predicted octanol–water partition coefficient (Wildman–Crippen LogP) is 2.05.